The zero-order valence-corrected chi connectivity index (χ0v) is 12.5. The van der Waals surface area contributed by atoms with Gasteiger partial charge in [-0.2, -0.15) is 5.10 Å². The molecule has 0 unspecified atom stereocenters. The smallest absolute Gasteiger partial charge is 0.226 e. The molecule has 0 saturated carbocycles. The Bertz CT molecular complexity index is 649. The van der Waals surface area contributed by atoms with Gasteiger partial charge in [-0.25, -0.2) is 0 Å². The molecule has 0 atom stereocenters. The lowest BCUT2D eigenvalue weighted by atomic mass is 10.2. The van der Waals surface area contributed by atoms with Crippen LogP contribution >= 0.6 is 0 Å². The van der Waals surface area contributed by atoms with Crippen molar-refractivity contribution in [3.05, 3.63) is 35.7 Å². The molecule has 0 saturated heterocycles. The molecule has 0 radical (unpaired) electrons. The zero-order valence-electron chi connectivity index (χ0n) is 12.5. The van der Waals surface area contributed by atoms with Crippen molar-refractivity contribution in [2.75, 3.05) is 18.2 Å². The first-order chi connectivity index (χ1) is 9.99. The van der Waals surface area contributed by atoms with Crippen molar-refractivity contribution in [2.45, 2.75) is 26.8 Å². The topological polar surface area (TPSA) is 82.2 Å². The Morgan fingerprint density at radius 2 is 2.14 bits per heavy atom. The van der Waals surface area contributed by atoms with E-state index in [1.165, 1.54) is 0 Å². The van der Waals surface area contributed by atoms with Gasteiger partial charge in [0.25, 0.3) is 0 Å². The Kier molecular flexibility index (Phi) is 4.47. The summed E-state index contributed by atoms with van der Waals surface area (Å²) in [6.45, 7) is 4.44. The van der Waals surface area contributed by atoms with Gasteiger partial charge in [-0.05, 0) is 38.1 Å². The number of rotatable bonds is 5. The largest absolute Gasteiger partial charge is 0.495 e. The van der Waals surface area contributed by atoms with Gasteiger partial charge >= 0.3 is 0 Å². The number of nitrogen functional groups attached to an aromatic ring is 1. The number of nitrogens with two attached hydrogens (primary N) is 1. The summed E-state index contributed by atoms with van der Waals surface area (Å²) in [5.41, 5.74) is 8.87. The molecule has 112 valence electrons. The number of hydrogen-bond donors (Lipinski definition) is 2. The summed E-state index contributed by atoms with van der Waals surface area (Å²) in [5.74, 6) is 0.482. The van der Waals surface area contributed by atoms with Gasteiger partial charge in [0.1, 0.15) is 5.75 Å². The van der Waals surface area contributed by atoms with Gasteiger partial charge < -0.3 is 15.8 Å². The lowest BCUT2D eigenvalue weighted by Gasteiger charge is -2.11. The maximum absolute atomic E-state index is 12.0. The summed E-state index contributed by atoms with van der Waals surface area (Å²) in [4.78, 5) is 12.0. The molecule has 6 nitrogen and oxygen atoms in total. The van der Waals surface area contributed by atoms with Gasteiger partial charge in [-0.1, -0.05) is 0 Å². The van der Waals surface area contributed by atoms with Gasteiger partial charge in [-0.3, -0.25) is 9.48 Å². The van der Waals surface area contributed by atoms with Crippen LogP contribution in [-0.4, -0.2) is 22.8 Å². The maximum atomic E-state index is 12.0. The van der Waals surface area contributed by atoms with E-state index in [4.69, 9.17) is 10.5 Å². The molecular formula is C15H20N4O2. The Labute approximate surface area is 123 Å². The average Bonchev–Trinajstić information content (AvgIpc) is 2.75. The molecule has 0 spiro atoms. The Morgan fingerprint density at radius 3 is 2.76 bits per heavy atom. The highest BCUT2D eigenvalue weighted by Crippen LogP contribution is 2.26. The monoisotopic (exact) mass is 288 g/mol. The first kappa shape index (κ1) is 14.9. The summed E-state index contributed by atoms with van der Waals surface area (Å²) < 4.78 is 7.02. The number of ether oxygens (including phenoxy) is 1. The number of hydrogen-bond acceptors (Lipinski definition) is 4. The minimum atomic E-state index is -0.105. The lowest BCUT2D eigenvalue weighted by molar-refractivity contribution is -0.116. The molecule has 2 rings (SSSR count). The van der Waals surface area contributed by atoms with Gasteiger partial charge in [0.2, 0.25) is 5.91 Å². The number of nitrogens with one attached hydrogen (secondary N) is 1. The number of carbonyl (C=O) groups excluding carboxylic acids is 1. The Hall–Kier alpha value is -2.50. The van der Waals surface area contributed by atoms with E-state index in [9.17, 15) is 4.79 Å². The predicted octanol–water partition coefficient (Wildman–Crippen LogP) is 2.12. The summed E-state index contributed by atoms with van der Waals surface area (Å²) in [7, 11) is 1.55. The number of anilines is 2. The molecule has 1 aromatic carbocycles. The molecule has 0 fully saturated rings. The fourth-order valence-corrected chi connectivity index (χ4v) is 2.14. The first-order valence-corrected chi connectivity index (χ1v) is 6.74. The highest BCUT2D eigenvalue weighted by molar-refractivity contribution is 5.92. The highest BCUT2D eigenvalue weighted by atomic mass is 16.5. The minimum absolute atomic E-state index is 0.105. The van der Waals surface area contributed by atoms with Crippen LogP contribution < -0.4 is 15.8 Å². The maximum Gasteiger partial charge on any atom is 0.226 e. The van der Waals surface area contributed by atoms with Crippen LogP contribution in [0.15, 0.2) is 24.3 Å². The molecule has 1 aromatic heterocycles. The molecule has 6 heteroatoms. The number of nitrogens with zero attached hydrogens (tertiary/aromatic N) is 2. The lowest BCUT2D eigenvalue weighted by Crippen LogP contribution is -2.16. The number of aryl methyl sites for hydroxylation is 3. The van der Waals surface area contributed by atoms with E-state index < -0.39 is 0 Å². The molecule has 0 aliphatic carbocycles. The third-order valence-corrected chi connectivity index (χ3v) is 3.15. The molecule has 0 aliphatic rings. The molecule has 3 N–H and O–H groups in total. The van der Waals surface area contributed by atoms with E-state index in [-0.39, 0.29) is 5.91 Å². The highest BCUT2D eigenvalue weighted by Gasteiger charge is 2.09. The van der Waals surface area contributed by atoms with E-state index in [1.807, 2.05) is 24.6 Å². The molecule has 1 amide bonds. The van der Waals surface area contributed by atoms with Crippen LogP contribution in [0.4, 0.5) is 11.4 Å². The molecule has 1 heterocycles. The number of methoxy groups -OCH3 is 1. The van der Waals surface area contributed by atoms with Gasteiger partial charge in [0.05, 0.1) is 18.5 Å². The van der Waals surface area contributed by atoms with Gasteiger partial charge in [-0.15, -0.1) is 0 Å². The van der Waals surface area contributed by atoms with Crippen LogP contribution in [-0.2, 0) is 11.3 Å². The quantitative estimate of drug-likeness (QED) is 0.826. The Morgan fingerprint density at radius 1 is 1.38 bits per heavy atom. The van der Waals surface area contributed by atoms with E-state index in [2.05, 4.69) is 10.4 Å². The zero-order chi connectivity index (χ0) is 15.4. The molecular weight excluding hydrogens is 268 g/mol. The fourth-order valence-electron chi connectivity index (χ4n) is 2.14. The standard InChI is InChI=1S/C15H20N4O2/c1-10-8-11(2)19(18-10)7-6-15(20)17-13-9-12(16)4-5-14(13)21-3/h4-5,8-9H,6-7,16H2,1-3H3,(H,17,20). The van der Waals surface area contributed by atoms with Crippen LogP contribution in [0.3, 0.4) is 0 Å². The van der Waals surface area contributed by atoms with Crippen LogP contribution in [0, 0.1) is 13.8 Å². The second-order valence-electron chi connectivity index (χ2n) is 4.91. The summed E-state index contributed by atoms with van der Waals surface area (Å²) >= 11 is 0. The average molecular weight is 288 g/mol. The third kappa shape index (κ3) is 3.75. The van der Waals surface area contributed by atoms with Crippen LogP contribution in [0.25, 0.3) is 0 Å². The molecule has 0 aliphatic heterocycles. The van der Waals surface area contributed by atoms with Crippen molar-refractivity contribution < 1.29 is 9.53 Å². The first-order valence-electron chi connectivity index (χ1n) is 6.74. The van der Waals surface area contributed by atoms with Crippen LogP contribution in [0.1, 0.15) is 17.8 Å². The van der Waals surface area contributed by atoms with Gasteiger partial charge in [0.15, 0.2) is 0 Å². The summed E-state index contributed by atoms with van der Waals surface area (Å²) in [5, 5.41) is 7.14. The number of benzene rings is 1. The minimum Gasteiger partial charge on any atom is -0.495 e. The molecule has 21 heavy (non-hydrogen) atoms. The normalized spacial score (nSPS) is 10.4. The van der Waals surface area contributed by atoms with Crippen molar-refractivity contribution in [2.24, 2.45) is 0 Å². The predicted molar refractivity (Wildman–Crippen MR) is 82.4 cm³/mol. The second-order valence-corrected chi connectivity index (χ2v) is 4.91. The Balaban J connectivity index is 1.99. The number of carbonyl (C=O) groups is 1. The van der Waals surface area contributed by atoms with Gasteiger partial charge in [0, 0.05) is 24.3 Å². The van der Waals surface area contributed by atoms with Crippen molar-refractivity contribution in [1.82, 2.24) is 9.78 Å². The molecule has 2 aromatic rings. The number of aromatic nitrogens is 2. The molecule has 0 bridgehead atoms. The van der Waals surface area contributed by atoms with E-state index >= 15 is 0 Å². The van der Waals surface area contributed by atoms with Crippen molar-refractivity contribution >= 4 is 17.3 Å². The van der Waals surface area contributed by atoms with Crippen molar-refractivity contribution in [1.29, 1.82) is 0 Å². The van der Waals surface area contributed by atoms with Crippen molar-refractivity contribution in [3.63, 3.8) is 0 Å². The van der Waals surface area contributed by atoms with E-state index in [0.717, 1.165) is 11.4 Å². The van der Waals surface area contributed by atoms with E-state index in [0.29, 0.717) is 30.1 Å². The van der Waals surface area contributed by atoms with Crippen LogP contribution in [0.2, 0.25) is 0 Å². The summed E-state index contributed by atoms with van der Waals surface area (Å²) in [6.07, 6.45) is 0.333. The SMILES string of the molecule is COc1ccc(N)cc1NC(=O)CCn1nc(C)cc1C. The van der Waals surface area contributed by atoms with Crippen molar-refractivity contribution in [3.8, 4) is 5.75 Å². The number of amides is 1. The fraction of sp³-hybridized carbons (Fsp3) is 0.333. The third-order valence-electron chi connectivity index (χ3n) is 3.15. The van der Waals surface area contributed by atoms with E-state index in [1.54, 1.807) is 25.3 Å². The van der Waals surface area contributed by atoms with Crippen LogP contribution in [0.5, 0.6) is 5.75 Å². The summed E-state index contributed by atoms with van der Waals surface area (Å²) in [6, 6.07) is 7.12. The second kappa shape index (κ2) is 6.30.